The van der Waals surface area contributed by atoms with Crippen LogP contribution in [0, 0.1) is 18.7 Å². The smallest absolute Gasteiger partial charge is 0.264 e. The molecule has 0 heterocycles. The Hall–Kier alpha value is -3.92. The van der Waals surface area contributed by atoms with Crippen molar-refractivity contribution in [3.63, 3.8) is 0 Å². The molecule has 0 aliphatic carbocycles. The van der Waals surface area contributed by atoms with Gasteiger partial charge in [-0.25, -0.2) is 12.8 Å². The van der Waals surface area contributed by atoms with E-state index >= 15 is 0 Å². The van der Waals surface area contributed by atoms with E-state index in [0.717, 1.165) is 27.6 Å². The molecule has 1 N–H and O–H groups in total. The summed E-state index contributed by atoms with van der Waals surface area (Å²) in [6.07, 6.45) is 0. The van der Waals surface area contributed by atoms with Gasteiger partial charge in [0.05, 0.1) is 17.7 Å². The molecule has 40 heavy (non-hydrogen) atoms. The summed E-state index contributed by atoms with van der Waals surface area (Å²) in [5.41, 5.74) is 1.89. The Kier molecular flexibility index (Phi) is 10.3. The zero-order chi connectivity index (χ0) is 29.4. The average Bonchev–Trinajstić information content (AvgIpc) is 2.93. The number of nitrogens with zero attached hydrogens (tertiary/aromatic N) is 2. The Labute approximate surface area is 235 Å². The lowest BCUT2D eigenvalue weighted by molar-refractivity contribution is -0.139. The summed E-state index contributed by atoms with van der Waals surface area (Å²) in [6, 6.07) is 17.3. The Balaban J connectivity index is 2.01. The van der Waals surface area contributed by atoms with Crippen LogP contribution >= 0.6 is 0 Å². The van der Waals surface area contributed by atoms with Gasteiger partial charge in [0, 0.05) is 13.1 Å². The van der Waals surface area contributed by atoms with Gasteiger partial charge in [0.25, 0.3) is 10.0 Å². The first-order valence-corrected chi connectivity index (χ1v) is 14.4. The fourth-order valence-electron chi connectivity index (χ4n) is 4.05. The van der Waals surface area contributed by atoms with Gasteiger partial charge in [-0.2, -0.15) is 0 Å². The first-order valence-electron chi connectivity index (χ1n) is 13.0. The fraction of sp³-hybridized carbons (Fsp3) is 0.333. The predicted molar refractivity (Wildman–Crippen MR) is 153 cm³/mol. The molecular formula is C30H36FN3O5S. The molecular weight excluding hydrogens is 533 g/mol. The van der Waals surface area contributed by atoms with Crippen molar-refractivity contribution in [2.24, 2.45) is 5.92 Å². The molecule has 0 aromatic heterocycles. The standard InChI is InChI=1S/C30H36FN3O5S/c1-21(2)18-32-30(36)23(4)33(19-24-8-6-7-22(3)17-24)29(35)20-34(26-11-9-25(31)10-12-26)40(37,38)28-15-13-27(39-5)14-16-28/h6-17,21,23H,18-20H2,1-5H3,(H,32,36)/t23-/m1/s1. The van der Waals surface area contributed by atoms with Crippen LogP contribution in [0.4, 0.5) is 10.1 Å². The molecule has 0 aliphatic rings. The van der Waals surface area contributed by atoms with Crippen molar-refractivity contribution in [1.29, 1.82) is 0 Å². The van der Waals surface area contributed by atoms with Crippen LogP contribution in [0.2, 0.25) is 0 Å². The number of ether oxygens (including phenoxy) is 1. The number of hydrogen-bond donors (Lipinski definition) is 1. The fourth-order valence-corrected chi connectivity index (χ4v) is 5.47. The van der Waals surface area contributed by atoms with Crippen LogP contribution in [0.1, 0.15) is 31.9 Å². The van der Waals surface area contributed by atoms with Crippen molar-refractivity contribution in [2.75, 3.05) is 24.5 Å². The number of sulfonamides is 1. The monoisotopic (exact) mass is 569 g/mol. The highest BCUT2D eigenvalue weighted by molar-refractivity contribution is 7.92. The highest BCUT2D eigenvalue weighted by Crippen LogP contribution is 2.26. The van der Waals surface area contributed by atoms with Crippen LogP contribution in [0.5, 0.6) is 5.75 Å². The van der Waals surface area contributed by atoms with Gasteiger partial charge in [-0.3, -0.25) is 13.9 Å². The normalized spacial score (nSPS) is 12.1. The molecule has 0 aliphatic heterocycles. The largest absolute Gasteiger partial charge is 0.497 e. The molecule has 0 bridgehead atoms. The molecule has 0 saturated heterocycles. The number of carbonyl (C=O) groups is 2. The number of amides is 2. The number of halogens is 1. The molecule has 2 amide bonds. The van der Waals surface area contributed by atoms with E-state index in [9.17, 15) is 22.4 Å². The van der Waals surface area contributed by atoms with Crippen molar-refractivity contribution in [1.82, 2.24) is 10.2 Å². The van der Waals surface area contributed by atoms with Crippen LogP contribution in [0.25, 0.3) is 0 Å². The molecule has 214 valence electrons. The summed E-state index contributed by atoms with van der Waals surface area (Å²) in [5.74, 6) is -0.806. The summed E-state index contributed by atoms with van der Waals surface area (Å²) < 4.78 is 47.4. The number of anilines is 1. The van der Waals surface area contributed by atoms with Crippen LogP contribution in [-0.4, -0.2) is 51.4 Å². The average molecular weight is 570 g/mol. The molecule has 0 spiro atoms. The molecule has 3 rings (SSSR count). The van der Waals surface area contributed by atoms with E-state index in [2.05, 4.69) is 5.32 Å². The molecule has 0 radical (unpaired) electrons. The Bertz CT molecular complexity index is 1410. The minimum atomic E-state index is -4.26. The summed E-state index contributed by atoms with van der Waals surface area (Å²) >= 11 is 0. The number of rotatable bonds is 12. The summed E-state index contributed by atoms with van der Waals surface area (Å²) in [4.78, 5) is 28.2. The van der Waals surface area contributed by atoms with Gasteiger partial charge in [-0.1, -0.05) is 43.7 Å². The van der Waals surface area contributed by atoms with Crippen molar-refractivity contribution in [3.05, 3.63) is 89.7 Å². The molecule has 0 saturated carbocycles. The van der Waals surface area contributed by atoms with E-state index < -0.39 is 34.3 Å². The summed E-state index contributed by atoms with van der Waals surface area (Å²) in [7, 11) is -2.79. The van der Waals surface area contributed by atoms with E-state index in [1.165, 1.54) is 48.4 Å². The van der Waals surface area contributed by atoms with E-state index in [0.29, 0.717) is 12.3 Å². The first-order chi connectivity index (χ1) is 18.9. The Morgan fingerprint density at radius 2 is 1.62 bits per heavy atom. The van der Waals surface area contributed by atoms with E-state index in [1.807, 2.05) is 45.0 Å². The second kappa shape index (κ2) is 13.4. The summed E-state index contributed by atoms with van der Waals surface area (Å²) in [6.45, 7) is 7.39. The molecule has 3 aromatic rings. The maximum atomic E-state index is 13.9. The van der Waals surface area contributed by atoms with Gasteiger partial charge in [-0.05, 0) is 73.9 Å². The maximum Gasteiger partial charge on any atom is 0.264 e. The van der Waals surface area contributed by atoms with Crippen LogP contribution in [0.15, 0.2) is 77.7 Å². The van der Waals surface area contributed by atoms with Crippen LogP contribution < -0.4 is 14.4 Å². The third-order valence-corrected chi connectivity index (χ3v) is 8.12. The number of carbonyl (C=O) groups excluding carboxylic acids is 2. The third kappa shape index (κ3) is 7.81. The lowest BCUT2D eigenvalue weighted by atomic mass is 10.1. The predicted octanol–water partition coefficient (Wildman–Crippen LogP) is 4.53. The highest BCUT2D eigenvalue weighted by Gasteiger charge is 2.32. The second-order valence-corrected chi connectivity index (χ2v) is 11.9. The van der Waals surface area contributed by atoms with Crippen LogP contribution in [-0.2, 0) is 26.2 Å². The Morgan fingerprint density at radius 3 is 2.20 bits per heavy atom. The van der Waals surface area contributed by atoms with Gasteiger partial charge in [0.2, 0.25) is 11.8 Å². The molecule has 10 heteroatoms. The Morgan fingerprint density at radius 1 is 0.975 bits per heavy atom. The minimum Gasteiger partial charge on any atom is -0.497 e. The zero-order valence-electron chi connectivity index (χ0n) is 23.4. The lowest BCUT2D eigenvalue weighted by Crippen LogP contribution is -2.51. The van der Waals surface area contributed by atoms with Crippen molar-refractivity contribution < 1.29 is 27.1 Å². The number of hydrogen-bond acceptors (Lipinski definition) is 5. The molecule has 3 aromatic carbocycles. The van der Waals surface area contributed by atoms with E-state index in [4.69, 9.17) is 4.74 Å². The van der Waals surface area contributed by atoms with Gasteiger partial charge in [0.1, 0.15) is 24.2 Å². The number of benzene rings is 3. The molecule has 1 atom stereocenters. The van der Waals surface area contributed by atoms with Gasteiger partial charge in [0.15, 0.2) is 0 Å². The maximum absolute atomic E-state index is 13.9. The van der Waals surface area contributed by atoms with Gasteiger partial charge in [-0.15, -0.1) is 0 Å². The quantitative estimate of drug-likeness (QED) is 0.346. The second-order valence-electron chi connectivity index (χ2n) is 9.99. The summed E-state index contributed by atoms with van der Waals surface area (Å²) in [5, 5.41) is 2.85. The van der Waals surface area contributed by atoms with E-state index in [1.54, 1.807) is 6.92 Å². The number of nitrogens with one attached hydrogen (secondary N) is 1. The van der Waals surface area contributed by atoms with Crippen molar-refractivity contribution >= 4 is 27.5 Å². The van der Waals surface area contributed by atoms with Crippen molar-refractivity contribution in [3.8, 4) is 5.75 Å². The lowest BCUT2D eigenvalue weighted by Gasteiger charge is -2.32. The number of aryl methyl sites for hydroxylation is 1. The molecule has 0 unspecified atom stereocenters. The minimum absolute atomic E-state index is 0.0709. The highest BCUT2D eigenvalue weighted by atomic mass is 32.2. The van der Waals surface area contributed by atoms with E-state index in [-0.39, 0.29) is 29.0 Å². The van der Waals surface area contributed by atoms with Gasteiger partial charge >= 0.3 is 0 Å². The first kappa shape index (κ1) is 30.6. The zero-order valence-corrected chi connectivity index (χ0v) is 24.2. The van der Waals surface area contributed by atoms with Crippen LogP contribution in [0.3, 0.4) is 0 Å². The SMILES string of the molecule is COc1ccc(S(=O)(=O)N(CC(=O)N(Cc2cccc(C)c2)[C@H](C)C(=O)NCC(C)C)c2ccc(F)cc2)cc1. The topological polar surface area (TPSA) is 96.0 Å². The third-order valence-electron chi connectivity index (χ3n) is 6.33. The molecule has 8 nitrogen and oxygen atoms in total. The number of methoxy groups -OCH3 is 1. The van der Waals surface area contributed by atoms with Crippen molar-refractivity contribution in [2.45, 2.75) is 45.2 Å². The van der Waals surface area contributed by atoms with Gasteiger partial charge < -0.3 is 15.0 Å². The molecule has 0 fully saturated rings.